The van der Waals surface area contributed by atoms with Crippen LogP contribution < -0.4 is 0 Å². The van der Waals surface area contributed by atoms with Gasteiger partial charge in [0.1, 0.15) is 5.69 Å². The number of aromatic nitrogens is 1. The molecule has 7 heteroatoms. The van der Waals surface area contributed by atoms with E-state index in [9.17, 15) is 14.4 Å². The number of esters is 1. The Hall–Kier alpha value is -2.15. The van der Waals surface area contributed by atoms with E-state index in [0.717, 1.165) is 18.5 Å². The van der Waals surface area contributed by atoms with Crippen molar-refractivity contribution >= 4 is 17.7 Å². The topological polar surface area (TPSA) is 77.8 Å². The number of carbonyl (C=O) groups is 3. The molecule has 0 spiro atoms. The molecule has 1 aliphatic carbocycles. The third-order valence-corrected chi connectivity index (χ3v) is 5.60. The van der Waals surface area contributed by atoms with E-state index < -0.39 is 12.0 Å². The summed E-state index contributed by atoms with van der Waals surface area (Å²) >= 11 is 0. The van der Waals surface area contributed by atoms with E-state index in [2.05, 4.69) is 0 Å². The van der Waals surface area contributed by atoms with E-state index >= 15 is 0 Å². The SMILES string of the molecule is CCOC(=O)c1c(C)c(C(=O)C(C)N(CCCOC)C(=O)C2CC2)c(C)n1CC. The van der Waals surface area contributed by atoms with Crippen molar-refractivity contribution in [1.82, 2.24) is 9.47 Å². The van der Waals surface area contributed by atoms with Crippen molar-refractivity contribution in [1.29, 1.82) is 0 Å². The number of amides is 1. The van der Waals surface area contributed by atoms with Crippen LogP contribution >= 0.6 is 0 Å². The van der Waals surface area contributed by atoms with E-state index in [1.807, 2.05) is 18.4 Å². The molecule has 1 aromatic rings. The normalized spacial score (nSPS) is 14.6. The molecular weight excluding hydrogens is 372 g/mol. The highest BCUT2D eigenvalue weighted by atomic mass is 16.5. The molecule has 1 unspecified atom stereocenters. The molecule has 2 rings (SSSR count). The van der Waals surface area contributed by atoms with Gasteiger partial charge in [0.15, 0.2) is 5.78 Å². The molecule has 7 nitrogen and oxygen atoms in total. The molecule has 0 aromatic carbocycles. The summed E-state index contributed by atoms with van der Waals surface area (Å²) in [5.74, 6) is -0.486. The first-order valence-electron chi connectivity index (χ1n) is 10.5. The third kappa shape index (κ3) is 4.89. The van der Waals surface area contributed by atoms with Gasteiger partial charge < -0.3 is 18.9 Å². The maximum absolute atomic E-state index is 13.5. The zero-order chi connectivity index (χ0) is 21.7. The van der Waals surface area contributed by atoms with Gasteiger partial charge in [0.2, 0.25) is 5.91 Å². The molecule has 1 saturated carbocycles. The van der Waals surface area contributed by atoms with Crippen molar-refractivity contribution in [2.75, 3.05) is 26.9 Å². The molecule has 162 valence electrons. The highest BCUT2D eigenvalue weighted by Crippen LogP contribution is 2.33. The molecule has 0 saturated heterocycles. The van der Waals surface area contributed by atoms with Crippen LogP contribution in [-0.2, 0) is 20.8 Å². The molecule has 0 aliphatic heterocycles. The van der Waals surface area contributed by atoms with Gasteiger partial charge in [0.05, 0.1) is 12.6 Å². The average molecular weight is 407 g/mol. The monoisotopic (exact) mass is 406 g/mol. The highest BCUT2D eigenvalue weighted by molar-refractivity contribution is 6.06. The largest absolute Gasteiger partial charge is 0.461 e. The van der Waals surface area contributed by atoms with Crippen LogP contribution in [0, 0.1) is 19.8 Å². The first-order chi connectivity index (χ1) is 13.8. The van der Waals surface area contributed by atoms with Crippen LogP contribution in [0.4, 0.5) is 0 Å². The van der Waals surface area contributed by atoms with Gasteiger partial charge in [0, 0.05) is 44.0 Å². The average Bonchev–Trinajstić information content (AvgIpc) is 3.50. The molecule has 1 aliphatic rings. The molecular formula is C22H34N2O5. The second-order valence-corrected chi connectivity index (χ2v) is 7.59. The minimum absolute atomic E-state index is 0.0327. The van der Waals surface area contributed by atoms with Crippen LogP contribution in [-0.4, -0.2) is 60.0 Å². The van der Waals surface area contributed by atoms with Gasteiger partial charge >= 0.3 is 5.97 Å². The van der Waals surface area contributed by atoms with E-state index in [0.29, 0.717) is 42.9 Å². The molecule has 29 heavy (non-hydrogen) atoms. The number of rotatable bonds is 11. The zero-order valence-corrected chi connectivity index (χ0v) is 18.5. The number of nitrogens with zero attached hydrogens (tertiary/aromatic N) is 2. The number of Topliss-reactive ketones (excluding diaryl/α,β-unsaturated/α-hetero) is 1. The highest BCUT2D eigenvalue weighted by Gasteiger charge is 2.38. The summed E-state index contributed by atoms with van der Waals surface area (Å²) in [7, 11) is 1.62. The lowest BCUT2D eigenvalue weighted by atomic mass is 9.99. The summed E-state index contributed by atoms with van der Waals surface area (Å²) in [6, 6.07) is -0.597. The van der Waals surface area contributed by atoms with Crippen LogP contribution in [0.3, 0.4) is 0 Å². The Morgan fingerprint density at radius 1 is 1.21 bits per heavy atom. The number of hydrogen-bond acceptors (Lipinski definition) is 5. The molecule has 0 bridgehead atoms. The van der Waals surface area contributed by atoms with Crippen molar-refractivity contribution in [2.45, 2.75) is 66.5 Å². The van der Waals surface area contributed by atoms with Crippen molar-refractivity contribution in [3.8, 4) is 0 Å². The molecule has 1 heterocycles. The maximum atomic E-state index is 13.5. The quantitative estimate of drug-likeness (QED) is 0.320. The van der Waals surface area contributed by atoms with Crippen LogP contribution in [0.2, 0.25) is 0 Å². The van der Waals surface area contributed by atoms with Gasteiger partial charge in [-0.15, -0.1) is 0 Å². The van der Waals surface area contributed by atoms with Gasteiger partial charge in [-0.25, -0.2) is 4.79 Å². The third-order valence-electron chi connectivity index (χ3n) is 5.60. The second-order valence-electron chi connectivity index (χ2n) is 7.59. The van der Waals surface area contributed by atoms with Crippen molar-refractivity contribution in [3.63, 3.8) is 0 Å². The smallest absolute Gasteiger partial charge is 0.355 e. The molecule has 1 amide bonds. The van der Waals surface area contributed by atoms with Gasteiger partial charge in [-0.1, -0.05) is 0 Å². The minimum atomic E-state index is -0.597. The van der Waals surface area contributed by atoms with Crippen molar-refractivity contribution in [2.24, 2.45) is 5.92 Å². The Bertz CT molecular complexity index is 764. The van der Waals surface area contributed by atoms with Crippen LogP contribution in [0.25, 0.3) is 0 Å². The van der Waals surface area contributed by atoms with E-state index in [4.69, 9.17) is 9.47 Å². The fourth-order valence-corrected chi connectivity index (χ4v) is 3.91. The predicted molar refractivity (Wildman–Crippen MR) is 110 cm³/mol. The summed E-state index contributed by atoms with van der Waals surface area (Å²) in [6.45, 7) is 10.9. The lowest BCUT2D eigenvalue weighted by Gasteiger charge is -2.29. The van der Waals surface area contributed by atoms with Crippen LogP contribution in [0.15, 0.2) is 0 Å². The summed E-state index contributed by atoms with van der Waals surface area (Å²) in [5, 5.41) is 0. The van der Waals surface area contributed by atoms with Crippen molar-refractivity contribution in [3.05, 3.63) is 22.5 Å². The Morgan fingerprint density at radius 3 is 2.38 bits per heavy atom. The molecule has 1 fully saturated rings. The van der Waals surface area contributed by atoms with E-state index in [-0.39, 0.29) is 24.2 Å². The summed E-state index contributed by atoms with van der Waals surface area (Å²) in [6.07, 6.45) is 2.45. The standard InChI is InChI=1S/C22H34N2O5/c1-7-23-15(4)18(14(3)19(23)22(27)29-8-2)20(25)16(5)24(12-9-13-28-6)21(26)17-10-11-17/h16-17H,7-13H2,1-6H3. The summed E-state index contributed by atoms with van der Waals surface area (Å²) < 4.78 is 12.1. The lowest BCUT2D eigenvalue weighted by molar-refractivity contribution is -0.134. The number of ether oxygens (including phenoxy) is 2. The van der Waals surface area contributed by atoms with Gasteiger partial charge in [-0.05, 0) is 59.4 Å². The first-order valence-corrected chi connectivity index (χ1v) is 10.5. The Morgan fingerprint density at radius 2 is 1.86 bits per heavy atom. The predicted octanol–water partition coefficient (Wildman–Crippen LogP) is 3.15. The minimum Gasteiger partial charge on any atom is -0.461 e. The Balaban J connectivity index is 2.37. The Labute approximate surface area is 173 Å². The first kappa shape index (κ1) is 23.1. The zero-order valence-electron chi connectivity index (χ0n) is 18.5. The lowest BCUT2D eigenvalue weighted by Crippen LogP contribution is -2.45. The van der Waals surface area contributed by atoms with Crippen LogP contribution in [0.1, 0.15) is 72.1 Å². The van der Waals surface area contributed by atoms with E-state index in [1.165, 1.54) is 0 Å². The number of methoxy groups -OCH3 is 1. The fourth-order valence-electron chi connectivity index (χ4n) is 3.91. The van der Waals surface area contributed by atoms with E-state index in [1.54, 1.807) is 32.8 Å². The van der Waals surface area contributed by atoms with Gasteiger partial charge in [0.25, 0.3) is 0 Å². The number of carbonyl (C=O) groups excluding carboxylic acids is 3. The maximum Gasteiger partial charge on any atom is 0.355 e. The molecule has 1 aromatic heterocycles. The summed E-state index contributed by atoms with van der Waals surface area (Å²) in [5.41, 5.74) is 2.29. The molecule has 1 atom stereocenters. The number of ketones is 1. The fraction of sp³-hybridized carbons (Fsp3) is 0.682. The molecule has 0 N–H and O–H groups in total. The van der Waals surface area contributed by atoms with Gasteiger partial charge in [-0.3, -0.25) is 9.59 Å². The second kappa shape index (κ2) is 10.1. The van der Waals surface area contributed by atoms with Gasteiger partial charge in [-0.2, -0.15) is 0 Å². The number of hydrogen-bond donors (Lipinski definition) is 0. The van der Waals surface area contributed by atoms with Crippen molar-refractivity contribution < 1.29 is 23.9 Å². The Kier molecular flexibility index (Phi) is 8.02. The van der Waals surface area contributed by atoms with Crippen LogP contribution in [0.5, 0.6) is 0 Å². The molecule has 0 radical (unpaired) electrons. The summed E-state index contributed by atoms with van der Waals surface area (Å²) in [4.78, 5) is 40.5.